The molecule has 1 aliphatic carbocycles. The van der Waals surface area contributed by atoms with Crippen LogP contribution in [0, 0.1) is 0 Å². The topological polar surface area (TPSA) is 38.7 Å². The second-order valence-electron chi connectivity index (χ2n) is 5.15. The van der Waals surface area contributed by atoms with E-state index in [1.807, 2.05) is 12.1 Å². The molecule has 5 heteroatoms. The third kappa shape index (κ3) is 2.94. The quantitative estimate of drug-likeness (QED) is 0.788. The maximum Gasteiger partial charge on any atom is 0.137 e. The molecule has 3 nitrogen and oxygen atoms in total. The van der Waals surface area contributed by atoms with Crippen molar-refractivity contribution in [1.29, 1.82) is 0 Å². The first-order valence-corrected chi connectivity index (χ1v) is 7.60. The maximum absolute atomic E-state index is 6.33. The molecule has 0 aliphatic heterocycles. The predicted molar refractivity (Wildman–Crippen MR) is 80.3 cm³/mol. The Kier molecular flexibility index (Phi) is 4.18. The molecule has 0 saturated heterocycles. The van der Waals surface area contributed by atoms with Crippen molar-refractivity contribution < 1.29 is 0 Å². The molecule has 0 spiro atoms. The van der Waals surface area contributed by atoms with Crippen LogP contribution >= 0.6 is 23.2 Å². The zero-order chi connectivity index (χ0) is 13.9. The summed E-state index contributed by atoms with van der Waals surface area (Å²) in [4.78, 5) is 12.9. The molecule has 0 bridgehead atoms. The number of rotatable bonds is 3. The number of halogens is 2. The summed E-state index contributed by atoms with van der Waals surface area (Å²) in [7, 11) is 0. The van der Waals surface area contributed by atoms with Crippen LogP contribution in [0.5, 0.6) is 0 Å². The van der Waals surface area contributed by atoms with Gasteiger partial charge in [-0.2, -0.15) is 0 Å². The highest BCUT2D eigenvalue weighted by Crippen LogP contribution is 2.39. The minimum atomic E-state index is 0.419. The van der Waals surface area contributed by atoms with E-state index < -0.39 is 0 Å². The molecule has 2 aromatic rings. The van der Waals surface area contributed by atoms with Gasteiger partial charge in [0.1, 0.15) is 16.1 Å². The van der Waals surface area contributed by atoms with Crippen molar-refractivity contribution >= 4 is 23.2 Å². The van der Waals surface area contributed by atoms with Gasteiger partial charge < -0.3 is 0 Å². The molecule has 20 heavy (non-hydrogen) atoms. The lowest BCUT2D eigenvalue weighted by atomic mass is 10.0. The van der Waals surface area contributed by atoms with E-state index in [9.17, 15) is 0 Å². The highest BCUT2D eigenvalue weighted by molar-refractivity contribution is 6.34. The van der Waals surface area contributed by atoms with Crippen LogP contribution in [0.2, 0.25) is 10.3 Å². The number of pyridine rings is 1. The van der Waals surface area contributed by atoms with E-state index in [1.165, 1.54) is 12.8 Å². The first-order chi connectivity index (χ1) is 9.74. The van der Waals surface area contributed by atoms with Gasteiger partial charge in [0.25, 0.3) is 0 Å². The third-order valence-electron chi connectivity index (χ3n) is 3.75. The van der Waals surface area contributed by atoms with Gasteiger partial charge in [-0.25, -0.2) is 9.97 Å². The largest absolute Gasteiger partial charge is 0.264 e. The minimum Gasteiger partial charge on any atom is -0.264 e. The number of nitrogens with zero attached hydrogens (tertiary/aromatic N) is 3. The number of hydrogen-bond donors (Lipinski definition) is 0. The lowest BCUT2D eigenvalue weighted by Gasteiger charge is -2.13. The Morgan fingerprint density at radius 1 is 1.10 bits per heavy atom. The van der Waals surface area contributed by atoms with Crippen molar-refractivity contribution in [3.05, 3.63) is 51.8 Å². The molecule has 1 saturated carbocycles. The predicted octanol–water partition coefficient (Wildman–Crippen LogP) is 4.43. The van der Waals surface area contributed by atoms with Crippen LogP contribution in [0.1, 0.15) is 48.6 Å². The molecule has 0 unspecified atom stereocenters. The Morgan fingerprint density at radius 3 is 2.40 bits per heavy atom. The summed E-state index contributed by atoms with van der Waals surface area (Å²) in [5, 5.41) is 1.02. The van der Waals surface area contributed by atoms with Gasteiger partial charge in [-0.1, -0.05) is 42.1 Å². The van der Waals surface area contributed by atoms with Crippen molar-refractivity contribution in [2.75, 3.05) is 0 Å². The zero-order valence-electron chi connectivity index (χ0n) is 11.0. The van der Waals surface area contributed by atoms with Gasteiger partial charge in [0.05, 0.1) is 0 Å². The molecule has 1 aliphatic rings. The molecular weight excluding hydrogens is 293 g/mol. The van der Waals surface area contributed by atoms with Crippen LogP contribution in [0.15, 0.2) is 24.5 Å². The molecule has 2 aromatic heterocycles. The average Bonchev–Trinajstić information content (AvgIpc) is 2.93. The van der Waals surface area contributed by atoms with Gasteiger partial charge >= 0.3 is 0 Å². The van der Waals surface area contributed by atoms with Crippen LogP contribution in [0.3, 0.4) is 0 Å². The molecule has 0 radical (unpaired) electrons. The first kappa shape index (κ1) is 13.8. The zero-order valence-corrected chi connectivity index (χ0v) is 12.5. The molecule has 1 fully saturated rings. The first-order valence-electron chi connectivity index (χ1n) is 6.85. The van der Waals surface area contributed by atoms with Crippen molar-refractivity contribution in [2.24, 2.45) is 0 Å². The molecule has 2 heterocycles. The highest BCUT2D eigenvalue weighted by Gasteiger charge is 2.24. The Morgan fingerprint density at radius 2 is 1.80 bits per heavy atom. The second-order valence-corrected chi connectivity index (χ2v) is 5.87. The van der Waals surface area contributed by atoms with Gasteiger partial charge in [-0.05, 0) is 30.4 Å². The van der Waals surface area contributed by atoms with Gasteiger partial charge in [0.15, 0.2) is 0 Å². The van der Waals surface area contributed by atoms with Gasteiger partial charge in [0, 0.05) is 24.4 Å². The fraction of sp³-hybridized carbons (Fsp3) is 0.400. The molecule has 0 aromatic carbocycles. The van der Waals surface area contributed by atoms with Crippen molar-refractivity contribution in [2.45, 2.75) is 38.0 Å². The smallest absolute Gasteiger partial charge is 0.137 e. The van der Waals surface area contributed by atoms with E-state index in [0.717, 1.165) is 24.0 Å². The lowest BCUT2D eigenvalue weighted by Crippen LogP contribution is -2.04. The van der Waals surface area contributed by atoms with Crippen molar-refractivity contribution in [1.82, 2.24) is 15.0 Å². The summed E-state index contributed by atoms with van der Waals surface area (Å²) in [6, 6.07) is 3.88. The van der Waals surface area contributed by atoms with Crippen LogP contribution in [0.4, 0.5) is 0 Å². The van der Waals surface area contributed by atoms with E-state index in [4.69, 9.17) is 23.2 Å². The SMILES string of the molecule is Clc1nc(Cc2cccnc2)nc(Cl)c1C1CCCC1. The summed E-state index contributed by atoms with van der Waals surface area (Å²) in [5.41, 5.74) is 1.98. The van der Waals surface area contributed by atoms with E-state index in [2.05, 4.69) is 15.0 Å². The van der Waals surface area contributed by atoms with E-state index >= 15 is 0 Å². The number of aromatic nitrogens is 3. The highest BCUT2D eigenvalue weighted by atomic mass is 35.5. The summed E-state index contributed by atoms with van der Waals surface area (Å²) in [5.74, 6) is 1.07. The monoisotopic (exact) mass is 307 g/mol. The fourth-order valence-corrected chi connectivity index (χ4v) is 3.50. The average molecular weight is 308 g/mol. The minimum absolute atomic E-state index is 0.419. The van der Waals surface area contributed by atoms with E-state index in [1.54, 1.807) is 12.4 Å². The standard InChI is InChI=1S/C15H15Cl2N3/c16-14-13(11-5-1-2-6-11)15(17)20-12(19-14)8-10-4-3-7-18-9-10/h3-4,7,9,11H,1-2,5-6,8H2. The van der Waals surface area contributed by atoms with E-state index in [0.29, 0.717) is 28.5 Å². The fourth-order valence-electron chi connectivity index (χ4n) is 2.77. The van der Waals surface area contributed by atoms with Crippen LogP contribution < -0.4 is 0 Å². The van der Waals surface area contributed by atoms with Gasteiger partial charge in [-0.3, -0.25) is 4.98 Å². The second kappa shape index (κ2) is 6.06. The molecule has 3 rings (SSSR count). The Bertz CT molecular complexity index is 572. The Labute approximate surface area is 128 Å². The molecule has 0 amide bonds. The summed E-state index contributed by atoms with van der Waals surface area (Å²) >= 11 is 12.7. The molecular formula is C15H15Cl2N3. The summed E-state index contributed by atoms with van der Waals surface area (Å²) in [6.07, 6.45) is 8.86. The van der Waals surface area contributed by atoms with Crippen LogP contribution in [0.25, 0.3) is 0 Å². The Hall–Kier alpha value is -1.19. The lowest BCUT2D eigenvalue weighted by molar-refractivity contribution is 0.710. The Balaban J connectivity index is 1.87. The molecule has 0 atom stereocenters. The summed E-state index contributed by atoms with van der Waals surface area (Å²) in [6.45, 7) is 0. The number of hydrogen-bond acceptors (Lipinski definition) is 3. The van der Waals surface area contributed by atoms with Crippen LogP contribution in [-0.4, -0.2) is 15.0 Å². The van der Waals surface area contributed by atoms with Gasteiger partial charge in [-0.15, -0.1) is 0 Å². The molecule has 104 valence electrons. The van der Waals surface area contributed by atoms with Crippen molar-refractivity contribution in [3.63, 3.8) is 0 Å². The summed E-state index contributed by atoms with van der Waals surface area (Å²) < 4.78 is 0. The third-order valence-corrected chi connectivity index (χ3v) is 4.32. The van der Waals surface area contributed by atoms with Crippen molar-refractivity contribution in [3.8, 4) is 0 Å². The van der Waals surface area contributed by atoms with Crippen LogP contribution in [-0.2, 0) is 6.42 Å². The maximum atomic E-state index is 6.33. The molecule has 0 N–H and O–H groups in total. The van der Waals surface area contributed by atoms with E-state index in [-0.39, 0.29) is 0 Å². The van der Waals surface area contributed by atoms with Gasteiger partial charge in [0.2, 0.25) is 0 Å². The normalized spacial score (nSPS) is 15.7.